The van der Waals surface area contributed by atoms with Crippen LogP contribution in [0.5, 0.6) is 0 Å². The molecule has 26 heavy (non-hydrogen) atoms. The molecule has 0 aliphatic carbocycles. The lowest BCUT2D eigenvalue weighted by Crippen LogP contribution is -2.01. The molecule has 0 fully saturated rings. The number of nitrogens with zero attached hydrogens (tertiary/aromatic N) is 5. The van der Waals surface area contributed by atoms with E-state index in [1.54, 1.807) is 10.8 Å². The minimum Gasteiger partial charge on any atom is -0.287 e. The predicted molar refractivity (Wildman–Crippen MR) is 96.3 cm³/mol. The smallest absolute Gasteiger partial charge is 0.287 e. The van der Waals surface area contributed by atoms with Crippen LogP contribution in [0.2, 0.25) is 0 Å². The van der Waals surface area contributed by atoms with Crippen molar-refractivity contribution in [3.63, 3.8) is 0 Å². The van der Waals surface area contributed by atoms with E-state index in [9.17, 15) is 14.9 Å². The van der Waals surface area contributed by atoms with Crippen molar-refractivity contribution in [3.8, 4) is 5.69 Å². The maximum absolute atomic E-state index is 12.4. The summed E-state index contributed by atoms with van der Waals surface area (Å²) in [5.41, 5.74) is 2.84. The van der Waals surface area contributed by atoms with Gasteiger partial charge in [0, 0.05) is 18.3 Å². The normalized spacial score (nSPS) is 11.2. The molecule has 132 valence electrons. The Morgan fingerprint density at radius 1 is 1.19 bits per heavy atom. The Morgan fingerprint density at radius 3 is 2.54 bits per heavy atom. The first-order valence-corrected chi connectivity index (χ1v) is 7.90. The largest absolute Gasteiger partial charge is 0.318 e. The Morgan fingerprint density at radius 2 is 1.88 bits per heavy atom. The van der Waals surface area contributed by atoms with Crippen molar-refractivity contribution >= 4 is 17.5 Å². The van der Waals surface area contributed by atoms with Gasteiger partial charge in [0.2, 0.25) is 11.5 Å². The first-order valence-electron chi connectivity index (χ1n) is 7.90. The minimum atomic E-state index is -0.613. The molecule has 0 aliphatic rings. The molecule has 0 saturated heterocycles. The Hall–Kier alpha value is -3.55. The highest BCUT2D eigenvalue weighted by Crippen LogP contribution is 2.21. The first kappa shape index (κ1) is 17.3. The predicted octanol–water partition coefficient (Wildman–Crippen LogP) is 3.03. The molecule has 8 heteroatoms. The molecule has 0 aliphatic heterocycles. The van der Waals surface area contributed by atoms with E-state index in [2.05, 4.69) is 10.2 Å². The van der Waals surface area contributed by atoms with Crippen LogP contribution in [0.1, 0.15) is 27.4 Å². The average Bonchev–Trinajstić information content (AvgIpc) is 3.14. The maximum atomic E-state index is 12.4. The van der Waals surface area contributed by atoms with Gasteiger partial charge in [-0.15, -0.1) is 0 Å². The van der Waals surface area contributed by atoms with Gasteiger partial charge in [-0.2, -0.15) is 10.2 Å². The van der Waals surface area contributed by atoms with Crippen LogP contribution in [-0.4, -0.2) is 30.3 Å². The van der Waals surface area contributed by atoms with Crippen LogP contribution in [0.15, 0.2) is 42.6 Å². The number of ketones is 1. The van der Waals surface area contributed by atoms with E-state index < -0.39 is 10.7 Å². The van der Waals surface area contributed by atoms with Gasteiger partial charge >= 0.3 is 5.69 Å². The van der Waals surface area contributed by atoms with Crippen molar-refractivity contribution in [1.29, 1.82) is 0 Å². The quantitative estimate of drug-likeness (QED) is 0.305. The van der Waals surface area contributed by atoms with Crippen molar-refractivity contribution in [2.75, 3.05) is 0 Å². The zero-order chi connectivity index (χ0) is 18.8. The molecule has 0 atom stereocenters. The number of hydrogen-bond acceptors (Lipinski definition) is 5. The standard InChI is InChI=1S/C18H17N5O3/c1-12-15(13(2)22(19-12)14-7-5-4-6-8-14)9-10-17(24)18-16(23(25)26)11-21(3)20-18/h4-11H,1-3H3/b10-9+. The monoisotopic (exact) mass is 351 g/mol. The number of benzene rings is 1. The topological polar surface area (TPSA) is 95.8 Å². The average molecular weight is 351 g/mol. The molecular formula is C18H17N5O3. The Labute approximate surface area is 149 Å². The third-order valence-corrected chi connectivity index (χ3v) is 3.99. The summed E-state index contributed by atoms with van der Waals surface area (Å²) in [7, 11) is 1.53. The molecule has 0 bridgehead atoms. The third-order valence-electron chi connectivity index (χ3n) is 3.99. The summed E-state index contributed by atoms with van der Waals surface area (Å²) in [6.07, 6.45) is 4.13. The molecule has 3 aromatic rings. The second-order valence-corrected chi connectivity index (χ2v) is 5.82. The lowest BCUT2D eigenvalue weighted by atomic mass is 10.1. The van der Waals surface area contributed by atoms with Gasteiger partial charge in [-0.25, -0.2) is 4.68 Å². The highest BCUT2D eigenvalue weighted by atomic mass is 16.6. The van der Waals surface area contributed by atoms with Crippen molar-refractivity contribution in [1.82, 2.24) is 19.6 Å². The van der Waals surface area contributed by atoms with Gasteiger partial charge in [-0.05, 0) is 38.1 Å². The summed E-state index contributed by atoms with van der Waals surface area (Å²) in [6, 6.07) is 9.65. The van der Waals surface area contributed by atoms with Crippen molar-refractivity contribution in [2.45, 2.75) is 13.8 Å². The molecule has 3 rings (SSSR count). The van der Waals surface area contributed by atoms with Crippen LogP contribution < -0.4 is 0 Å². The molecule has 2 heterocycles. The second kappa shape index (κ2) is 6.75. The molecule has 0 radical (unpaired) electrons. The third kappa shape index (κ3) is 3.16. The van der Waals surface area contributed by atoms with E-state index in [4.69, 9.17) is 0 Å². The molecule has 8 nitrogen and oxygen atoms in total. The highest BCUT2D eigenvalue weighted by Gasteiger charge is 2.23. The van der Waals surface area contributed by atoms with E-state index in [0.717, 1.165) is 22.6 Å². The van der Waals surface area contributed by atoms with Gasteiger partial charge in [0.1, 0.15) is 6.20 Å². The van der Waals surface area contributed by atoms with Crippen LogP contribution in [0.3, 0.4) is 0 Å². The van der Waals surface area contributed by atoms with Gasteiger partial charge < -0.3 is 0 Å². The lowest BCUT2D eigenvalue weighted by molar-refractivity contribution is -0.385. The molecule has 1 aromatic carbocycles. The summed E-state index contributed by atoms with van der Waals surface area (Å²) >= 11 is 0. The molecule has 0 N–H and O–H groups in total. The Balaban J connectivity index is 1.93. The fourth-order valence-electron chi connectivity index (χ4n) is 2.74. The summed E-state index contributed by atoms with van der Waals surface area (Å²) in [4.78, 5) is 22.8. The lowest BCUT2D eigenvalue weighted by Gasteiger charge is -2.03. The van der Waals surface area contributed by atoms with Crippen molar-refractivity contribution in [3.05, 3.63) is 75.4 Å². The number of carbonyl (C=O) groups is 1. The van der Waals surface area contributed by atoms with E-state index in [-0.39, 0.29) is 11.4 Å². The number of rotatable bonds is 5. The molecule has 2 aromatic heterocycles. The first-order chi connectivity index (χ1) is 12.4. The molecule has 0 amide bonds. The van der Waals surface area contributed by atoms with Crippen LogP contribution in [0, 0.1) is 24.0 Å². The second-order valence-electron chi connectivity index (χ2n) is 5.82. The van der Waals surface area contributed by atoms with E-state index >= 15 is 0 Å². The number of allylic oxidation sites excluding steroid dienone is 1. The number of aromatic nitrogens is 4. The van der Waals surface area contributed by atoms with Crippen LogP contribution in [0.25, 0.3) is 11.8 Å². The molecule has 0 unspecified atom stereocenters. The summed E-state index contributed by atoms with van der Waals surface area (Å²) < 4.78 is 3.05. The summed E-state index contributed by atoms with van der Waals surface area (Å²) in [5, 5.41) is 19.4. The minimum absolute atomic E-state index is 0.181. The number of nitro groups is 1. The van der Waals surface area contributed by atoms with Gasteiger partial charge in [0.25, 0.3) is 0 Å². The van der Waals surface area contributed by atoms with Crippen molar-refractivity contribution in [2.24, 2.45) is 7.05 Å². The van der Waals surface area contributed by atoms with Crippen LogP contribution >= 0.6 is 0 Å². The summed E-state index contributed by atoms with van der Waals surface area (Å²) in [6.45, 7) is 3.75. The van der Waals surface area contributed by atoms with E-state index in [1.807, 2.05) is 44.2 Å². The summed E-state index contributed by atoms with van der Waals surface area (Å²) in [5.74, 6) is -0.524. The zero-order valence-corrected chi connectivity index (χ0v) is 14.6. The van der Waals surface area contributed by atoms with Crippen LogP contribution in [0.4, 0.5) is 5.69 Å². The number of carbonyl (C=O) groups excluding carboxylic acids is 1. The van der Waals surface area contributed by atoms with Gasteiger partial charge in [-0.3, -0.25) is 19.6 Å². The number of para-hydroxylation sites is 1. The number of hydrogen-bond donors (Lipinski definition) is 0. The molecule has 0 saturated carbocycles. The molecular weight excluding hydrogens is 334 g/mol. The molecule has 0 spiro atoms. The number of aryl methyl sites for hydroxylation is 2. The Bertz CT molecular complexity index is 1020. The van der Waals surface area contributed by atoms with Gasteiger partial charge in [0.05, 0.1) is 16.3 Å². The van der Waals surface area contributed by atoms with E-state index in [0.29, 0.717) is 0 Å². The highest BCUT2D eigenvalue weighted by molar-refractivity contribution is 6.08. The van der Waals surface area contributed by atoms with E-state index in [1.165, 1.54) is 24.0 Å². The zero-order valence-electron chi connectivity index (χ0n) is 14.6. The van der Waals surface area contributed by atoms with Crippen molar-refractivity contribution < 1.29 is 9.72 Å². The van der Waals surface area contributed by atoms with Gasteiger partial charge in [0.15, 0.2) is 0 Å². The fraction of sp³-hybridized carbons (Fsp3) is 0.167. The van der Waals surface area contributed by atoms with Crippen LogP contribution in [-0.2, 0) is 7.05 Å². The fourth-order valence-corrected chi connectivity index (χ4v) is 2.74. The maximum Gasteiger partial charge on any atom is 0.318 e. The SMILES string of the molecule is Cc1nn(-c2ccccc2)c(C)c1/C=C/C(=O)c1nn(C)cc1[N+](=O)[O-]. The van der Waals surface area contributed by atoms with Gasteiger partial charge in [-0.1, -0.05) is 18.2 Å². The Kier molecular flexibility index (Phi) is 4.49.